The van der Waals surface area contributed by atoms with Crippen molar-refractivity contribution in [2.45, 2.75) is 46.8 Å². The van der Waals surface area contributed by atoms with Crippen LogP contribution in [0.1, 0.15) is 38.8 Å². The van der Waals surface area contributed by atoms with Crippen molar-refractivity contribution in [2.75, 3.05) is 26.2 Å². The summed E-state index contributed by atoms with van der Waals surface area (Å²) in [5.41, 5.74) is 2.47. The summed E-state index contributed by atoms with van der Waals surface area (Å²) in [5, 5.41) is 11.1. The lowest BCUT2D eigenvalue weighted by atomic mass is 10.1. The summed E-state index contributed by atoms with van der Waals surface area (Å²) in [6, 6.07) is 10.8. The molecule has 0 radical (unpaired) electrons. The van der Waals surface area contributed by atoms with Gasteiger partial charge in [0.25, 0.3) is 0 Å². The highest BCUT2D eigenvalue weighted by Crippen LogP contribution is 2.11. The van der Waals surface area contributed by atoms with Crippen molar-refractivity contribution in [1.29, 1.82) is 0 Å². The third-order valence-corrected chi connectivity index (χ3v) is 4.76. The summed E-state index contributed by atoms with van der Waals surface area (Å²) in [5.74, 6) is 0.866. The van der Waals surface area contributed by atoms with Crippen LogP contribution >= 0.6 is 0 Å². The monoisotopic (exact) mass is 370 g/mol. The van der Waals surface area contributed by atoms with Crippen LogP contribution in [0.2, 0.25) is 0 Å². The lowest BCUT2D eigenvalue weighted by molar-refractivity contribution is 0.231. The SMILES string of the molecule is CCNC(=NCc1ccccc1Cn1cccn1)NCC(C)N(CC)CC. The maximum Gasteiger partial charge on any atom is 0.191 e. The molecule has 1 aromatic heterocycles. The summed E-state index contributed by atoms with van der Waals surface area (Å²) in [6.07, 6.45) is 3.80. The molecule has 0 saturated heterocycles. The predicted molar refractivity (Wildman–Crippen MR) is 113 cm³/mol. The largest absolute Gasteiger partial charge is 0.357 e. The van der Waals surface area contributed by atoms with Crippen molar-refractivity contribution < 1.29 is 0 Å². The fourth-order valence-corrected chi connectivity index (χ4v) is 3.16. The van der Waals surface area contributed by atoms with E-state index in [1.807, 2.05) is 23.1 Å². The first-order valence-corrected chi connectivity index (χ1v) is 9.98. The van der Waals surface area contributed by atoms with E-state index in [1.54, 1.807) is 0 Å². The Labute approximate surface area is 163 Å². The lowest BCUT2D eigenvalue weighted by Crippen LogP contribution is -2.46. The lowest BCUT2D eigenvalue weighted by Gasteiger charge is -2.27. The molecular formula is C21H34N6. The number of guanidine groups is 1. The number of nitrogens with one attached hydrogen (secondary N) is 2. The van der Waals surface area contributed by atoms with Crippen molar-refractivity contribution in [3.8, 4) is 0 Å². The number of benzene rings is 1. The van der Waals surface area contributed by atoms with Crippen molar-refractivity contribution in [3.05, 3.63) is 53.9 Å². The van der Waals surface area contributed by atoms with Gasteiger partial charge in [-0.3, -0.25) is 9.58 Å². The molecule has 0 saturated carbocycles. The first kappa shape index (κ1) is 21.0. The highest BCUT2D eigenvalue weighted by atomic mass is 15.3. The van der Waals surface area contributed by atoms with E-state index >= 15 is 0 Å². The summed E-state index contributed by atoms with van der Waals surface area (Å²) < 4.78 is 1.94. The van der Waals surface area contributed by atoms with Crippen LogP contribution in [0, 0.1) is 0 Å². The highest BCUT2D eigenvalue weighted by molar-refractivity contribution is 5.79. The summed E-state index contributed by atoms with van der Waals surface area (Å²) in [6.45, 7) is 14.0. The van der Waals surface area contributed by atoms with Crippen LogP contribution in [0.15, 0.2) is 47.7 Å². The molecule has 2 aromatic rings. The minimum Gasteiger partial charge on any atom is -0.357 e. The average molecular weight is 371 g/mol. The molecule has 0 aliphatic rings. The standard InChI is InChI=1S/C21H34N6/c1-5-22-21(23-15-18(4)26(6-2)7-3)24-16-19-11-8-9-12-20(19)17-27-14-10-13-25-27/h8-14,18H,5-7,15-17H2,1-4H3,(H2,22,23,24). The number of hydrogen-bond acceptors (Lipinski definition) is 3. The minimum absolute atomic E-state index is 0.468. The number of aliphatic imine (C=N–C) groups is 1. The van der Waals surface area contributed by atoms with E-state index < -0.39 is 0 Å². The van der Waals surface area contributed by atoms with Crippen molar-refractivity contribution in [3.63, 3.8) is 0 Å². The smallest absolute Gasteiger partial charge is 0.191 e. The van der Waals surface area contributed by atoms with Gasteiger partial charge in [0.15, 0.2) is 5.96 Å². The van der Waals surface area contributed by atoms with Gasteiger partial charge in [0, 0.05) is 31.5 Å². The topological polar surface area (TPSA) is 57.5 Å². The zero-order valence-electron chi connectivity index (χ0n) is 17.2. The first-order valence-electron chi connectivity index (χ1n) is 9.98. The van der Waals surface area contributed by atoms with Crippen LogP contribution in [0.3, 0.4) is 0 Å². The Kier molecular flexibility index (Phi) is 8.84. The average Bonchev–Trinajstić information content (AvgIpc) is 3.19. The third kappa shape index (κ3) is 6.71. The number of rotatable bonds is 10. The molecule has 0 spiro atoms. The van der Waals surface area contributed by atoms with Crippen LogP contribution in [0.25, 0.3) is 0 Å². The van der Waals surface area contributed by atoms with Gasteiger partial charge in [0.1, 0.15) is 0 Å². The van der Waals surface area contributed by atoms with Gasteiger partial charge < -0.3 is 10.6 Å². The number of likely N-dealkylation sites (N-methyl/N-ethyl adjacent to an activating group) is 1. The fourth-order valence-electron chi connectivity index (χ4n) is 3.16. The van der Waals surface area contributed by atoms with Gasteiger partial charge in [-0.1, -0.05) is 38.1 Å². The minimum atomic E-state index is 0.468. The number of hydrogen-bond donors (Lipinski definition) is 2. The van der Waals surface area contributed by atoms with Gasteiger partial charge in [0.2, 0.25) is 0 Å². The molecule has 0 aliphatic heterocycles. The molecule has 1 aromatic carbocycles. The van der Waals surface area contributed by atoms with Gasteiger partial charge in [-0.05, 0) is 44.1 Å². The predicted octanol–water partition coefficient (Wildman–Crippen LogP) is 2.72. The maximum atomic E-state index is 4.80. The van der Waals surface area contributed by atoms with Gasteiger partial charge >= 0.3 is 0 Å². The maximum absolute atomic E-state index is 4.80. The fraction of sp³-hybridized carbons (Fsp3) is 0.524. The molecule has 0 bridgehead atoms. The molecule has 0 fully saturated rings. The van der Waals surface area contributed by atoms with Crippen molar-refractivity contribution in [2.24, 2.45) is 4.99 Å². The Morgan fingerprint density at radius 1 is 1.11 bits per heavy atom. The van der Waals surface area contributed by atoms with Gasteiger partial charge in [-0.15, -0.1) is 0 Å². The Bertz CT molecular complexity index is 676. The van der Waals surface area contributed by atoms with E-state index in [1.165, 1.54) is 11.1 Å². The van der Waals surface area contributed by atoms with E-state index in [9.17, 15) is 0 Å². The molecule has 2 N–H and O–H groups in total. The van der Waals surface area contributed by atoms with Crippen molar-refractivity contribution in [1.82, 2.24) is 25.3 Å². The van der Waals surface area contributed by atoms with E-state index in [2.05, 4.69) is 72.6 Å². The van der Waals surface area contributed by atoms with Gasteiger partial charge in [-0.25, -0.2) is 4.99 Å². The van der Waals surface area contributed by atoms with E-state index in [-0.39, 0.29) is 0 Å². The van der Waals surface area contributed by atoms with Crippen LogP contribution in [-0.4, -0.2) is 52.9 Å². The molecule has 2 rings (SSSR count). The summed E-state index contributed by atoms with van der Waals surface area (Å²) in [7, 11) is 0. The van der Waals surface area contributed by atoms with Gasteiger partial charge in [-0.2, -0.15) is 5.10 Å². The van der Waals surface area contributed by atoms with E-state index in [0.29, 0.717) is 12.6 Å². The molecule has 1 heterocycles. The second-order valence-electron chi connectivity index (χ2n) is 6.62. The second-order valence-corrected chi connectivity index (χ2v) is 6.62. The Morgan fingerprint density at radius 3 is 2.48 bits per heavy atom. The molecule has 1 atom stereocenters. The zero-order valence-corrected chi connectivity index (χ0v) is 17.2. The van der Waals surface area contributed by atoms with Crippen LogP contribution < -0.4 is 10.6 Å². The second kappa shape index (κ2) is 11.4. The molecule has 27 heavy (non-hydrogen) atoms. The van der Waals surface area contributed by atoms with Gasteiger partial charge in [0.05, 0.1) is 13.1 Å². The number of nitrogens with zero attached hydrogens (tertiary/aromatic N) is 4. The molecule has 1 unspecified atom stereocenters. The summed E-state index contributed by atoms with van der Waals surface area (Å²) >= 11 is 0. The Hall–Kier alpha value is -2.34. The normalized spacial score (nSPS) is 13.0. The molecular weight excluding hydrogens is 336 g/mol. The quantitative estimate of drug-likeness (QED) is 0.499. The highest BCUT2D eigenvalue weighted by Gasteiger charge is 2.10. The van der Waals surface area contributed by atoms with Crippen LogP contribution in [0.4, 0.5) is 0 Å². The molecule has 6 nitrogen and oxygen atoms in total. The van der Waals surface area contributed by atoms with Crippen LogP contribution in [-0.2, 0) is 13.1 Å². The van der Waals surface area contributed by atoms with Crippen molar-refractivity contribution >= 4 is 5.96 Å². The Balaban J connectivity index is 2.02. The zero-order chi connectivity index (χ0) is 19.5. The molecule has 0 amide bonds. The Morgan fingerprint density at radius 2 is 1.85 bits per heavy atom. The molecule has 148 valence electrons. The van der Waals surface area contributed by atoms with E-state index in [0.717, 1.165) is 38.7 Å². The van der Waals surface area contributed by atoms with Crippen LogP contribution in [0.5, 0.6) is 0 Å². The third-order valence-electron chi connectivity index (χ3n) is 4.76. The number of aromatic nitrogens is 2. The molecule has 0 aliphatic carbocycles. The van der Waals surface area contributed by atoms with E-state index in [4.69, 9.17) is 4.99 Å². The summed E-state index contributed by atoms with van der Waals surface area (Å²) in [4.78, 5) is 7.24. The molecule has 6 heteroatoms. The first-order chi connectivity index (χ1) is 13.2.